The van der Waals surface area contributed by atoms with Crippen molar-refractivity contribution in [3.8, 4) is 0 Å². The lowest BCUT2D eigenvalue weighted by Crippen LogP contribution is -2.49. The number of hydrogen-bond donors (Lipinski definition) is 0. The summed E-state index contributed by atoms with van der Waals surface area (Å²) in [5.74, 6) is 1.26. The fraction of sp³-hybridized carbons (Fsp3) is 0.438. The van der Waals surface area contributed by atoms with Gasteiger partial charge in [0, 0.05) is 17.2 Å². The van der Waals surface area contributed by atoms with Crippen LogP contribution in [0.2, 0.25) is 0 Å². The second kappa shape index (κ2) is 5.47. The van der Waals surface area contributed by atoms with Crippen molar-refractivity contribution >= 4 is 39.6 Å². The summed E-state index contributed by atoms with van der Waals surface area (Å²) in [4.78, 5) is 16.2. The molecule has 3 aliphatic rings. The van der Waals surface area contributed by atoms with Crippen LogP contribution >= 0.6 is 23.7 Å². The molecule has 2 aromatic rings. The van der Waals surface area contributed by atoms with Gasteiger partial charge in [-0.1, -0.05) is 18.2 Å². The number of piperidine rings is 3. The number of carbonyl (C=O) groups excluding carboxylic acids is 1. The van der Waals surface area contributed by atoms with Crippen LogP contribution in [0, 0.1) is 11.8 Å². The zero-order valence-corrected chi connectivity index (χ0v) is 12.9. The fourth-order valence-corrected chi connectivity index (χ4v) is 4.61. The summed E-state index contributed by atoms with van der Waals surface area (Å²) >= 11 is 1.66. The van der Waals surface area contributed by atoms with E-state index < -0.39 is 0 Å². The third-order valence-electron chi connectivity index (χ3n) is 4.66. The molecule has 0 N–H and O–H groups in total. The Hall–Kier alpha value is -0.900. The molecule has 1 atom stereocenters. The lowest BCUT2D eigenvalue weighted by Gasteiger charge is -2.43. The number of ketones is 1. The molecule has 0 saturated carbocycles. The van der Waals surface area contributed by atoms with E-state index in [1.807, 2.05) is 12.1 Å². The topological polar surface area (TPSA) is 20.3 Å². The van der Waals surface area contributed by atoms with E-state index in [0.29, 0.717) is 11.7 Å². The van der Waals surface area contributed by atoms with Crippen molar-refractivity contribution in [3.05, 3.63) is 35.2 Å². The lowest BCUT2D eigenvalue weighted by atomic mass is 9.76. The number of halogens is 1. The molecule has 1 aromatic heterocycles. The van der Waals surface area contributed by atoms with Gasteiger partial charge in [0.2, 0.25) is 0 Å². The molecule has 1 aromatic carbocycles. The van der Waals surface area contributed by atoms with Gasteiger partial charge in [0.05, 0.1) is 4.88 Å². The Kier molecular flexibility index (Phi) is 3.85. The van der Waals surface area contributed by atoms with Crippen LogP contribution in [0.25, 0.3) is 10.1 Å². The number of fused-ring (bicyclic) bond motifs is 4. The van der Waals surface area contributed by atoms with Crippen molar-refractivity contribution in [3.63, 3.8) is 0 Å². The third-order valence-corrected chi connectivity index (χ3v) is 5.79. The van der Waals surface area contributed by atoms with Gasteiger partial charge in [-0.05, 0) is 49.4 Å². The Labute approximate surface area is 129 Å². The lowest BCUT2D eigenvalue weighted by molar-refractivity contribution is 0.0422. The van der Waals surface area contributed by atoms with Gasteiger partial charge in [-0.15, -0.1) is 23.7 Å². The van der Waals surface area contributed by atoms with Crippen LogP contribution in [-0.2, 0) is 0 Å². The number of Topliss-reactive ketones (excluding diaryl/α,β-unsaturated/α-hetero) is 1. The number of carbonyl (C=O) groups is 1. The van der Waals surface area contributed by atoms with Gasteiger partial charge >= 0.3 is 0 Å². The normalized spacial score (nSPS) is 28.3. The molecule has 4 heteroatoms. The molecular formula is C16H18ClNOS. The minimum atomic E-state index is 0. The SMILES string of the molecule is Cl.O=C(c1cc2ccccc2s1)C1CN2CCC1CC2. The number of hydrogen-bond acceptors (Lipinski definition) is 3. The number of benzene rings is 1. The van der Waals surface area contributed by atoms with Gasteiger partial charge < -0.3 is 4.90 Å². The molecule has 106 valence electrons. The zero-order valence-electron chi connectivity index (χ0n) is 11.2. The molecule has 5 rings (SSSR count). The molecular weight excluding hydrogens is 290 g/mol. The van der Waals surface area contributed by atoms with Crippen molar-refractivity contribution in [2.45, 2.75) is 12.8 Å². The van der Waals surface area contributed by atoms with E-state index in [4.69, 9.17) is 0 Å². The molecule has 0 spiro atoms. The first kappa shape index (κ1) is 14.1. The average molecular weight is 308 g/mol. The van der Waals surface area contributed by atoms with Gasteiger partial charge in [-0.2, -0.15) is 0 Å². The molecule has 3 aliphatic heterocycles. The Bertz CT molecular complexity index is 597. The summed E-state index contributed by atoms with van der Waals surface area (Å²) in [6, 6.07) is 10.4. The van der Waals surface area contributed by atoms with Gasteiger partial charge in [-0.3, -0.25) is 4.79 Å². The molecule has 0 amide bonds. The summed E-state index contributed by atoms with van der Waals surface area (Å²) < 4.78 is 1.23. The van der Waals surface area contributed by atoms with E-state index in [9.17, 15) is 4.79 Å². The van der Waals surface area contributed by atoms with Crippen LogP contribution in [0.1, 0.15) is 22.5 Å². The molecule has 20 heavy (non-hydrogen) atoms. The first-order valence-corrected chi connectivity index (χ1v) is 7.88. The van der Waals surface area contributed by atoms with E-state index in [-0.39, 0.29) is 18.3 Å². The average Bonchev–Trinajstić information content (AvgIpc) is 2.91. The second-order valence-electron chi connectivity index (χ2n) is 5.76. The van der Waals surface area contributed by atoms with Crippen molar-refractivity contribution in [1.29, 1.82) is 0 Å². The molecule has 3 fully saturated rings. The maximum Gasteiger partial charge on any atom is 0.177 e. The Morgan fingerprint density at radius 2 is 1.95 bits per heavy atom. The molecule has 2 bridgehead atoms. The van der Waals surface area contributed by atoms with E-state index >= 15 is 0 Å². The molecule has 4 heterocycles. The van der Waals surface area contributed by atoms with Crippen LogP contribution in [-0.4, -0.2) is 30.3 Å². The standard InChI is InChI=1S/C16H17NOS.ClH/c18-16(13-10-17-7-5-11(13)6-8-17)15-9-12-3-1-2-4-14(12)19-15;/h1-4,9,11,13H,5-8,10H2;1H. The summed E-state index contributed by atoms with van der Waals surface area (Å²) in [5, 5.41) is 1.21. The summed E-state index contributed by atoms with van der Waals surface area (Å²) in [7, 11) is 0. The fourth-order valence-electron chi connectivity index (χ4n) is 3.55. The van der Waals surface area contributed by atoms with E-state index in [2.05, 4.69) is 23.1 Å². The molecule has 3 saturated heterocycles. The van der Waals surface area contributed by atoms with Gasteiger partial charge in [0.25, 0.3) is 0 Å². The van der Waals surface area contributed by atoms with E-state index in [1.54, 1.807) is 11.3 Å². The predicted molar refractivity (Wildman–Crippen MR) is 86.1 cm³/mol. The van der Waals surface area contributed by atoms with Crippen molar-refractivity contribution in [1.82, 2.24) is 4.90 Å². The quantitative estimate of drug-likeness (QED) is 0.786. The minimum Gasteiger partial charge on any atom is -0.303 e. The van der Waals surface area contributed by atoms with Crippen LogP contribution in [0.3, 0.4) is 0 Å². The largest absolute Gasteiger partial charge is 0.303 e. The predicted octanol–water partition coefficient (Wildman–Crippen LogP) is 3.85. The van der Waals surface area contributed by atoms with Crippen LogP contribution in [0.5, 0.6) is 0 Å². The van der Waals surface area contributed by atoms with Crippen molar-refractivity contribution in [2.75, 3.05) is 19.6 Å². The van der Waals surface area contributed by atoms with E-state index in [1.165, 1.54) is 36.0 Å². The van der Waals surface area contributed by atoms with Gasteiger partial charge in [0.1, 0.15) is 0 Å². The maximum atomic E-state index is 12.7. The highest BCUT2D eigenvalue weighted by Gasteiger charge is 2.38. The van der Waals surface area contributed by atoms with Crippen LogP contribution < -0.4 is 0 Å². The molecule has 0 aliphatic carbocycles. The van der Waals surface area contributed by atoms with Crippen molar-refractivity contribution < 1.29 is 4.79 Å². The number of rotatable bonds is 2. The number of thiophene rings is 1. The van der Waals surface area contributed by atoms with E-state index in [0.717, 1.165) is 11.4 Å². The Balaban J connectivity index is 0.00000121. The first-order valence-electron chi connectivity index (χ1n) is 7.06. The summed E-state index contributed by atoms with van der Waals surface area (Å²) in [6.07, 6.45) is 2.42. The summed E-state index contributed by atoms with van der Waals surface area (Å²) in [5.41, 5.74) is 0. The molecule has 1 unspecified atom stereocenters. The highest BCUT2D eigenvalue weighted by atomic mass is 35.5. The number of nitrogens with zero attached hydrogens (tertiary/aromatic N) is 1. The zero-order chi connectivity index (χ0) is 12.8. The van der Waals surface area contributed by atoms with Gasteiger partial charge in [-0.25, -0.2) is 0 Å². The van der Waals surface area contributed by atoms with Crippen LogP contribution in [0.4, 0.5) is 0 Å². The smallest absolute Gasteiger partial charge is 0.177 e. The highest BCUT2D eigenvalue weighted by molar-refractivity contribution is 7.20. The Morgan fingerprint density at radius 1 is 1.20 bits per heavy atom. The van der Waals surface area contributed by atoms with Crippen molar-refractivity contribution in [2.24, 2.45) is 11.8 Å². The minimum absolute atomic E-state index is 0. The second-order valence-corrected chi connectivity index (χ2v) is 6.84. The molecule has 2 nitrogen and oxygen atoms in total. The Morgan fingerprint density at radius 3 is 2.60 bits per heavy atom. The summed E-state index contributed by atoms with van der Waals surface area (Å²) in [6.45, 7) is 3.37. The maximum absolute atomic E-state index is 12.7. The highest BCUT2D eigenvalue weighted by Crippen LogP contribution is 2.36. The first-order chi connectivity index (χ1) is 9.31. The molecule has 0 radical (unpaired) electrons. The van der Waals surface area contributed by atoms with Crippen LogP contribution in [0.15, 0.2) is 30.3 Å². The third kappa shape index (κ3) is 2.28. The van der Waals surface area contributed by atoms with Gasteiger partial charge in [0.15, 0.2) is 5.78 Å². The monoisotopic (exact) mass is 307 g/mol.